The van der Waals surface area contributed by atoms with Gasteiger partial charge in [-0.25, -0.2) is 18.8 Å². The van der Waals surface area contributed by atoms with Crippen LogP contribution in [0.15, 0.2) is 21.9 Å². The van der Waals surface area contributed by atoms with E-state index in [4.69, 9.17) is 23.7 Å². The van der Waals surface area contributed by atoms with Gasteiger partial charge >= 0.3 is 17.8 Å². The van der Waals surface area contributed by atoms with Crippen LogP contribution in [0.25, 0.3) is 0 Å². The summed E-state index contributed by atoms with van der Waals surface area (Å²) in [5.74, 6) is -5.23. The second kappa shape index (κ2) is 9.36. The van der Waals surface area contributed by atoms with Gasteiger partial charge in [-0.15, -0.1) is 0 Å². The molecule has 2 aliphatic heterocycles. The number of amides is 1. The van der Waals surface area contributed by atoms with Crippen LogP contribution in [0.1, 0.15) is 54.7 Å². The van der Waals surface area contributed by atoms with Crippen LogP contribution in [0.4, 0.5) is 9.18 Å². The summed E-state index contributed by atoms with van der Waals surface area (Å²) in [5, 5.41) is 2.43. The number of fused-ring (bicyclic) bond motifs is 1. The van der Waals surface area contributed by atoms with Gasteiger partial charge < -0.3 is 29.0 Å². The van der Waals surface area contributed by atoms with Crippen LogP contribution in [0, 0.1) is 5.92 Å². The Morgan fingerprint density at radius 1 is 1.23 bits per heavy atom. The lowest BCUT2D eigenvalue weighted by atomic mass is 10.0. The molecule has 2 saturated heterocycles. The maximum atomic E-state index is 16.1. The van der Waals surface area contributed by atoms with Crippen molar-refractivity contribution in [3.8, 4) is 0 Å². The quantitative estimate of drug-likeness (QED) is 0.551. The van der Waals surface area contributed by atoms with E-state index < -0.39 is 77.6 Å². The highest BCUT2D eigenvalue weighted by molar-refractivity contribution is 5.81. The largest absolute Gasteiger partial charge is 0.458 e. The van der Waals surface area contributed by atoms with E-state index in [1.807, 2.05) is 0 Å². The number of hydrogen-bond donors (Lipinski definition) is 2. The first-order valence-corrected chi connectivity index (χ1v) is 11.2. The third-order valence-corrected chi connectivity index (χ3v) is 5.28. The molecule has 3 heterocycles. The van der Waals surface area contributed by atoms with Crippen LogP contribution in [-0.4, -0.2) is 63.7 Å². The molecule has 35 heavy (non-hydrogen) atoms. The van der Waals surface area contributed by atoms with Gasteiger partial charge in [0.1, 0.15) is 17.7 Å². The van der Waals surface area contributed by atoms with E-state index in [0.29, 0.717) is 0 Å². The third-order valence-electron chi connectivity index (χ3n) is 5.28. The Hall–Kier alpha value is -2.77. The third kappa shape index (κ3) is 6.08. The number of carbonyl (C=O) groups is 2. The monoisotopic (exact) mass is 501 g/mol. The number of aromatic nitrogens is 2. The smallest absolute Gasteiger partial charge is 0.408 e. The fraction of sp³-hybridized carbons (Fsp3) is 0.727. The average Bonchev–Trinajstić information content (AvgIpc) is 3.15. The molecule has 196 valence electrons. The Labute approximate surface area is 201 Å². The fourth-order valence-corrected chi connectivity index (χ4v) is 3.82. The normalized spacial score (nSPS) is 28.4. The summed E-state index contributed by atoms with van der Waals surface area (Å²) < 4.78 is 44.3. The number of esters is 1. The van der Waals surface area contributed by atoms with E-state index >= 15 is 4.39 Å². The summed E-state index contributed by atoms with van der Waals surface area (Å²) >= 11 is 0. The lowest BCUT2D eigenvalue weighted by Crippen LogP contribution is -2.49. The minimum Gasteiger partial charge on any atom is -0.458 e. The standard InChI is InChI=1S/C22H32FN3O9/c1-11(2)13(25-19(30)35-20(3,4)5)17(28)31-10-22(23)15-14(32-21(6,7)33-15)16(34-22)26-9-8-12(27)24-18(26)29/h8-9,11,13-16H,10H2,1-7H3,(H,25,30)(H,24,27,29)/t13-,14+,15-,16+,22+/m0/s1. The summed E-state index contributed by atoms with van der Waals surface area (Å²) in [5.41, 5.74) is -2.26. The number of halogens is 1. The maximum Gasteiger partial charge on any atom is 0.408 e. The summed E-state index contributed by atoms with van der Waals surface area (Å²) in [4.78, 5) is 50.7. The van der Waals surface area contributed by atoms with Crippen molar-refractivity contribution in [1.82, 2.24) is 14.9 Å². The first kappa shape index (κ1) is 26.8. The first-order valence-electron chi connectivity index (χ1n) is 11.2. The Morgan fingerprint density at radius 2 is 1.89 bits per heavy atom. The van der Waals surface area contributed by atoms with Crippen LogP contribution < -0.4 is 16.6 Å². The van der Waals surface area contributed by atoms with Crippen molar-refractivity contribution < 1.29 is 37.7 Å². The van der Waals surface area contributed by atoms with Crippen molar-refractivity contribution in [1.29, 1.82) is 0 Å². The second-order valence-electron chi connectivity index (χ2n) is 10.3. The van der Waals surface area contributed by atoms with Gasteiger partial charge in [0.05, 0.1) is 0 Å². The first-order chi connectivity index (χ1) is 16.0. The highest BCUT2D eigenvalue weighted by atomic mass is 19.2. The second-order valence-corrected chi connectivity index (χ2v) is 10.3. The molecule has 0 radical (unpaired) electrons. The van der Waals surface area contributed by atoms with Gasteiger partial charge in [0.25, 0.3) is 11.4 Å². The Bertz CT molecular complexity index is 1080. The van der Waals surface area contributed by atoms with Crippen LogP contribution >= 0.6 is 0 Å². The minimum atomic E-state index is -2.69. The zero-order chi connectivity index (χ0) is 26.3. The Balaban J connectivity index is 1.78. The molecule has 0 saturated carbocycles. The molecule has 0 bridgehead atoms. The summed E-state index contributed by atoms with van der Waals surface area (Å²) in [6.07, 6.45) is -3.43. The number of alkyl carbamates (subject to hydrolysis) is 1. The van der Waals surface area contributed by atoms with E-state index in [0.717, 1.165) is 16.8 Å². The van der Waals surface area contributed by atoms with Crippen LogP contribution in [0.2, 0.25) is 0 Å². The average molecular weight is 502 g/mol. The lowest BCUT2D eigenvalue weighted by molar-refractivity contribution is -0.267. The highest BCUT2D eigenvalue weighted by Crippen LogP contribution is 2.48. The molecule has 1 aromatic heterocycles. The molecule has 2 N–H and O–H groups in total. The number of alkyl halides is 1. The van der Waals surface area contributed by atoms with E-state index in [1.54, 1.807) is 48.5 Å². The molecule has 0 unspecified atom stereocenters. The van der Waals surface area contributed by atoms with Crippen molar-refractivity contribution in [2.24, 2.45) is 5.92 Å². The van der Waals surface area contributed by atoms with E-state index in [2.05, 4.69) is 10.3 Å². The Kier molecular flexibility index (Phi) is 7.17. The molecule has 1 aromatic rings. The predicted octanol–water partition coefficient (Wildman–Crippen LogP) is 1.34. The number of ether oxygens (including phenoxy) is 5. The Morgan fingerprint density at radius 3 is 2.46 bits per heavy atom. The number of rotatable bonds is 6. The van der Waals surface area contributed by atoms with E-state index in [1.165, 1.54) is 0 Å². The number of nitrogens with one attached hydrogen (secondary N) is 2. The van der Waals surface area contributed by atoms with Crippen LogP contribution in [0.3, 0.4) is 0 Å². The molecule has 12 nitrogen and oxygen atoms in total. The summed E-state index contributed by atoms with van der Waals surface area (Å²) in [6, 6.07) is -0.0467. The SMILES string of the molecule is CC(C)[C@H](NC(=O)OC(C)(C)C)C(=O)OC[C@@]1(F)O[C@@H](n2ccc(=O)[nH]c2=O)[C@@H]2OC(C)(C)O[C@@H]21. The molecule has 0 aliphatic carbocycles. The van der Waals surface area contributed by atoms with Crippen molar-refractivity contribution in [3.05, 3.63) is 33.1 Å². The number of hydrogen-bond acceptors (Lipinski definition) is 9. The predicted molar refractivity (Wildman–Crippen MR) is 118 cm³/mol. The molecular weight excluding hydrogens is 469 g/mol. The molecule has 3 rings (SSSR count). The molecule has 2 fully saturated rings. The topological polar surface area (TPSA) is 147 Å². The number of nitrogens with zero attached hydrogens (tertiary/aromatic N) is 1. The molecule has 13 heteroatoms. The summed E-state index contributed by atoms with van der Waals surface area (Å²) in [7, 11) is 0. The lowest BCUT2D eigenvalue weighted by Gasteiger charge is -2.29. The number of aromatic amines is 1. The number of carbonyl (C=O) groups excluding carboxylic acids is 2. The zero-order valence-electron chi connectivity index (χ0n) is 20.7. The van der Waals surface area contributed by atoms with Gasteiger partial charge in [-0.05, 0) is 40.5 Å². The molecule has 2 aliphatic rings. The van der Waals surface area contributed by atoms with E-state index in [9.17, 15) is 19.2 Å². The van der Waals surface area contributed by atoms with Crippen molar-refractivity contribution in [3.63, 3.8) is 0 Å². The van der Waals surface area contributed by atoms with E-state index in [-0.39, 0.29) is 0 Å². The van der Waals surface area contributed by atoms with Crippen LogP contribution in [-0.2, 0) is 28.5 Å². The molecule has 1 amide bonds. The highest BCUT2D eigenvalue weighted by Gasteiger charge is 2.65. The molecule has 5 atom stereocenters. The van der Waals surface area contributed by atoms with Gasteiger partial charge in [-0.1, -0.05) is 13.8 Å². The van der Waals surface area contributed by atoms with Gasteiger partial charge in [-0.2, -0.15) is 0 Å². The molecular formula is C22H32FN3O9. The minimum absolute atomic E-state index is 0.403. The van der Waals surface area contributed by atoms with Crippen LogP contribution in [0.5, 0.6) is 0 Å². The summed E-state index contributed by atoms with van der Waals surface area (Å²) in [6.45, 7) is 10.6. The van der Waals surface area contributed by atoms with Gasteiger partial charge in [0.15, 0.2) is 24.7 Å². The maximum absolute atomic E-state index is 16.1. The molecule has 0 spiro atoms. The van der Waals surface area contributed by atoms with Crippen molar-refractivity contribution in [2.45, 2.75) is 90.2 Å². The zero-order valence-corrected chi connectivity index (χ0v) is 20.7. The van der Waals surface area contributed by atoms with Crippen molar-refractivity contribution >= 4 is 12.1 Å². The number of H-pyrrole nitrogens is 1. The van der Waals surface area contributed by atoms with Gasteiger partial charge in [0.2, 0.25) is 0 Å². The van der Waals surface area contributed by atoms with Gasteiger partial charge in [-0.3, -0.25) is 14.3 Å². The van der Waals surface area contributed by atoms with Gasteiger partial charge in [0, 0.05) is 12.3 Å². The molecule has 0 aromatic carbocycles. The fourth-order valence-electron chi connectivity index (χ4n) is 3.82. The van der Waals surface area contributed by atoms with Crippen molar-refractivity contribution in [2.75, 3.05) is 6.61 Å².